The van der Waals surface area contributed by atoms with E-state index in [0.717, 1.165) is 29.2 Å². The van der Waals surface area contributed by atoms with Crippen LogP contribution in [0.3, 0.4) is 0 Å². The zero-order valence-corrected chi connectivity index (χ0v) is 21.2. The van der Waals surface area contributed by atoms with E-state index in [1.165, 1.54) is 29.2 Å². The molecule has 1 aliphatic rings. The quantitative estimate of drug-likeness (QED) is 0.243. The maximum atomic E-state index is 13.9. The molecule has 0 unspecified atom stereocenters. The molecule has 0 fully saturated rings. The summed E-state index contributed by atoms with van der Waals surface area (Å²) in [5.74, 6) is 0.316. The fourth-order valence-electron chi connectivity index (χ4n) is 5.11. The van der Waals surface area contributed by atoms with Gasteiger partial charge in [-0.05, 0) is 67.1 Å². The first-order chi connectivity index (χ1) is 19.2. The van der Waals surface area contributed by atoms with Crippen LogP contribution in [-0.4, -0.2) is 25.3 Å². The number of hydrogen-bond donors (Lipinski definition) is 1. The minimum Gasteiger partial charge on any atom is -0.308 e. The molecule has 3 heterocycles. The monoisotopic (exact) mass is 545 g/mol. The van der Waals surface area contributed by atoms with Crippen molar-refractivity contribution in [1.82, 2.24) is 19.2 Å². The van der Waals surface area contributed by atoms with Crippen LogP contribution in [0.25, 0.3) is 11.5 Å². The molecule has 202 valence electrons. The Morgan fingerprint density at radius 2 is 1.70 bits per heavy atom. The molecule has 2 aromatic heterocycles. The number of aromatic nitrogens is 3. The standard InChI is InChI=1S/C30H23F4N5O/c1-19-25-18-38(29(40)35-23-8-5-7-21(17-23)30(32,33)34)27(20-12-14-22(31)15-13-20)26-11-6-16-37(26)28(25)39(36-19)24-9-3-2-4-10-24/h2-17,27H,18H2,1H3,(H,35,40)/t27-/m0/s1. The summed E-state index contributed by atoms with van der Waals surface area (Å²) in [4.78, 5) is 15.4. The van der Waals surface area contributed by atoms with Gasteiger partial charge in [0.25, 0.3) is 0 Å². The SMILES string of the molecule is Cc1nn(-c2ccccc2)c2c1CN(C(=O)Nc1cccc(C(F)(F)F)c1)[C@@H](c1ccc(F)cc1)c1cccn1-2. The Morgan fingerprint density at radius 3 is 2.42 bits per heavy atom. The topological polar surface area (TPSA) is 55.1 Å². The summed E-state index contributed by atoms with van der Waals surface area (Å²) in [5, 5.41) is 7.42. The smallest absolute Gasteiger partial charge is 0.308 e. The van der Waals surface area contributed by atoms with Crippen molar-refractivity contribution in [3.05, 3.63) is 131 Å². The van der Waals surface area contributed by atoms with Gasteiger partial charge in [0.05, 0.1) is 35.2 Å². The van der Waals surface area contributed by atoms with Gasteiger partial charge in [0.2, 0.25) is 0 Å². The summed E-state index contributed by atoms with van der Waals surface area (Å²) >= 11 is 0. The zero-order valence-electron chi connectivity index (χ0n) is 21.2. The molecule has 1 N–H and O–H groups in total. The molecular weight excluding hydrogens is 522 g/mol. The first kappa shape index (κ1) is 25.4. The Bertz CT molecular complexity index is 1690. The van der Waals surface area contributed by atoms with Crippen molar-refractivity contribution in [2.75, 3.05) is 5.32 Å². The van der Waals surface area contributed by atoms with Crippen molar-refractivity contribution < 1.29 is 22.4 Å². The lowest BCUT2D eigenvalue weighted by Crippen LogP contribution is -2.38. The maximum Gasteiger partial charge on any atom is 0.416 e. The van der Waals surface area contributed by atoms with E-state index in [4.69, 9.17) is 5.10 Å². The summed E-state index contributed by atoms with van der Waals surface area (Å²) in [6.45, 7) is 1.95. The van der Waals surface area contributed by atoms with E-state index in [9.17, 15) is 22.4 Å². The summed E-state index contributed by atoms with van der Waals surface area (Å²) in [7, 11) is 0. The molecule has 0 radical (unpaired) electrons. The Kier molecular flexibility index (Phi) is 6.17. The molecule has 0 spiro atoms. The highest BCUT2D eigenvalue weighted by atomic mass is 19.4. The third-order valence-electron chi connectivity index (χ3n) is 6.97. The van der Waals surface area contributed by atoms with E-state index >= 15 is 0 Å². The molecule has 5 aromatic rings. The van der Waals surface area contributed by atoms with Gasteiger partial charge in [0.1, 0.15) is 11.6 Å². The number of nitrogens with one attached hydrogen (secondary N) is 1. The zero-order chi connectivity index (χ0) is 28.0. The molecule has 40 heavy (non-hydrogen) atoms. The summed E-state index contributed by atoms with van der Waals surface area (Å²) in [5.41, 5.74) is 2.78. The number of hydrogen-bond acceptors (Lipinski definition) is 2. The Hall–Kier alpha value is -4.86. The number of halogens is 4. The number of nitrogens with zero attached hydrogens (tertiary/aromatic N) is 4. The number of carbonyl (C=O) groups excluding carboxylic acids is 1. The number of carbonyl (C=O) groups is 1. The van der Waals surface area contributed by atoms with Crippen LogP contribution in [0.4, 0.5) is 28.0 Å². The molecule has 6 nitrogen and oxygen atoms in total. The van der Waals surface area contributed by atoms with Crippen molar-refractivity contribution in [1.29, 1.82) is 0 Å². The fraction of sp³-hybridized carbons (Fsp3) is 0.133. The minimum atomic E-state index is -4.56. The van der Waals surface area contributed by atoms with Crippen LogP contribution in [0.15, 0.2) is 97.2 Å². The second-order valence-corrected chi connectivity index (χ2v) is 9.53. The van der Waals surface area contributed by atoms with E-state index in [-0.39, 0.29) is 12.2 Å². The molecule has 0 aliphatic carbocycles. The molecular formula is C30H23F4N5O. The minimum absolute atomic E-state index is 0.00855. The summed E-state index contributed by atoms with van der Waals surface area (Å²) < 4.78 is 57.7. The van der Waals surface area contributed by atoms with Crippen molar-refractivity contribution in [3.63, 3.8) is 0 Å². The molecule has 1 aliphatic heterocycles. The van der Waals surface area contributed by atoms with E-state index in [1.807, 2.05) is 64.8 Å². The lowest BCUT2D eigenvalue weighted by atomic mass is 10.0. The first-order valence-corrected chi connectivity index (χ1v) is 12.5. The van der Waals surface area contributed by atoms with Crippen LogP contribution in [0.1, 0.15) is 34.1 Å². The third-order valence-corrected chi connectivity index (χ3v) is 6.97. The highest BCUT2D eigenvalue weighted by molar-refractivity contribution is 5.90. The van der Waals surface area contributed by atoms with E-state index in [2.05, 4.69) is 5.32 Å². The Labute approximate surface area is 227 Å². The molecule has 0 saturated heterocycles. The second-order valence-electron chi connectivity index (χ2n) is 9.53. The van der Waals surface area contributed by atoms with Crippen LogP contribution in [0.5, 0.6) is 0 Å². The number of aryl methyl sites for hydroxylation is 1. The van der Waals surface area contributed by atoms with Crippen LogP contribution in [0, 0.1) is 12.7 Å². The number of alkyl halides is 3. The summed E-state index contributed by atoms with van der Waals surface area (Å²) in [6.07, 6.45) is -2.68. The van der Waals surface area contributed by atoms with Crippen LogP contribution >= 0.6 is 0 Å². The van der Waals surface area contributed by atoms with Crippen molar-refractivity contribution in [3.8, 4) is 11.5 Å². The van der Waals surface area contributed by atoms with Gasteiger partial charge in [-0.15, -0.1) is 0 Å². The highest BCUT2D eigenvalue weighted by Gasteiger charge is 2.36. The molecule has 3 aromatic carbocycles. The second kappa shape index (κ2) is 9.71. The van der Waals surface area contributed by atoms with Gasteiger partial charge in [0.15, 0.2) is 0 Å². The molecule has 0 bridgehead atoms. The average Bonchev–Trinajstić information content (AvgIpc) is 3.50. The Morgan fingerprint density at radius 1 is 0.950 bits per heavy atom. The van der Waals surface area contributed by atoms with Gasteiger partial charge >= 0.3 is 12.2 Å². The van der Waals surface area contributed by atoms with Gasteiger partial charge in [-0.25, -0.2) is 13.9 Å². The van der Waals surface area contributed by atoms with Crippen molar-refractivity contribution >= 4 is 11.7 Å². The lowest BCUT2D eigenvalue weighted by molar-refractivity contribution is -0.137. The van der Waals surface area contributed by atoms with Gasteiger partial charge in [-0.1, -0.05) is 36.4 Å². The van der Waals surface area contributed by atoms with E-state index in [1.54, 1.807) is 12.1 Å². The lowest BCUT2D eigenvalue weighted by Gasteiger charge is -2.31. The molecule has 10 heteroatoms. The average molecular weight is 546 g/mol. The number of amides is 2. The normalized spacial score (nSPS) is 14.8. The molecule has 6 rings (SSSR count). The van der Waals surface area contributed by atoms with Gasteiger partial charge in [-0.3, -0.25) is 0 Å². The number of benzene rings is 3. The van der Waals surface area contributed by atoms with Gasteiger partial charge in [-0.2, -0.15) is 18.3 Å². The van der Waals surface area contributed by atoms with Gasteiger partial charge in [0, 0.05) is 17.4 Å². The molecule has 1 atom stereocenters. The predicted molar refractivity (Wildman–Crippen MR) is 142 cm³/mol. The largest absolute Gasteiger partial charge is 0.416 e. The maximum absolute atomic E-state index is 13.9. The number of fused-ring (bicyclic) bond motifs is 3. The first-order valence-electron chi connectivity index (χ1n) is 12.5. The van der Waals surface area contributed by atoms with E-state index < -0.39 is 29.6 Å². The van der Waals surface area contributed by atoms with Crippen LogP contribution in [0.2, 0.25) is 0 Å². The van der Waals surface area contributed by atoms with Crippen LogP contribution in [-0.2, 0) is 12.7 Å². The van der Waals surface area contributed by atoms with Crippen molar-refractivity contribution in [2.24, 2.45) is 0 Å². The molecule has 0 saturated carbocycles. The van der Waals surface area contributed by atoms with Gasteiger partial charge < -0.3 is 14.8 Å². The number of urea groups is 1. The number of anilines is 1. The van der Waals surface area contributed by atoms with E-state index in [0.29, 0.717) is 17.0 Å². The van der Waals surface area contributed by atoms with Crippen LogP contribution < -0.4 is 5.32 Å². The highest BCUT2D eigenvalue weighted by Crippen LogP contribution is 2.39. The fourth-order valence-corrected chi connectivity index (χ4v) is 5.11. The van der Waals surface area contributed by atoms with Crippen molar-refractivity contribution in [2.45, 2.75) is 25.7 Å². The third kappa shape index (κ3) is 4.51. The Balaban J connectivity index is 1.50. The predicted octanol–water partition coefficient (Wildman–Crippen LogP) is 7.27. The number of rotatable bonds is 3. The number of para-hydroxylation sites is 1. The summed E-state index contributed by atoms with van der Waals surface area (Å²) in [6, 6.07) is 22.3. The molecule has 2 amide bonds.